The summed E-state index contributed by atoms with van der Waals surface area (Å²) in [7, 11) is -3.11. The van der Waals surface area contributed by atoms with Crippen molar-refractivity contribution in [2.24, 2.45) is 0 Å². The number of sulfone groups is 1. The summed E-state index contributed by atoms with van der Waals surface area (Å²) in [6.45, 7) is 3.54. The molecule has 8 heteroatoms. The molecule has 0 aromatic heterocycles. The highest BCUT2D eigenvalue weighted by molar-refractivity contribution is 7.91. The fourth-order valence-corrected chi connectivity index (χ4v) is 3.97. The van der Waals surface area contributed by atoms with Gasteiger partial charge in [-0.25, -0.2) is 8.42 Å². The maximum atomic E-state index is 12.1. The van der Waals surface area contributed by atoms with Crippen LogP contribution in [0, 0.1) is 0 Å². The number of carbonyl (C=O) groups is 2. The van der Waals surface area contributed by atoms with Crippen LogP contribution in [0.25, 0.3) is 0 Å². The van der Waals surface area contributed by atoms with E-state index in [9.17, 15) is 18.0 Å². The summed E-state index contributed by atoms with van der Waals surface area (Å²) >= 11 is 0. The average molecular weight is 306 g/mol. The van der Waals surface area contributed by atoms with E-state index in [0.717, 1.165) is 0 Å². The van der Waals surface area contributed by atoms with E-state index in [-0.39, 0.29) is 24.7 Å². The highest BCUT2D eigenvalue weighted by atomic mass is 32.2. The lowest BCUT2D eigenvalue weighted by Crippen LogP contribution is -2.51. The molecule has 2 atom stereocenters. The highest BCUT2D eigenvalue weighted by Gasteiger charge is 2.36. The Morgan fingerprint density at radius 3 is 2.45 bits per heavy atom. The Balaban J connectivity index is 2.70. The van der Waals surface area contributed by atoms with Gasteiger partial charge >= 0.3 is 11.8 Å². The second kappa shape index (κ2) is 7.03. The summed E-state index contributed by atoms with van der Waals surface area (Å²) in [5.74, 6) is -1.56. The zero-order chi connectivity index (χ0) is 15.3. The van der Waals surface area contributed by atoms with Gasteiger partial charge in [0.1, 0.15) is 0 Å². The van der Waals surface area contributed by atoms with Crippen LogP contribution < -0.4 is 5.32 Å². The SMILES string of the molecule is CCC(CO)NC(=O)C(=O)N(CC)C1CCS(=O)(=O)C1. The molecule has 1 aliphatic rings. The van der Waals surface area contributed by atoms with Gasteiger partial charge in [0.25, 0.3) is 0 Å². The van der Waals surface area contributed by atoms with Crippen molar-refractivity contribution in [3.8, 4) is 0 Å². The molecule has 2 unspecified atom stereocenters. The molecule has 2 N–H and O–H groups in total. The van der Waals surface area contributed by atoms with Gasteiger partial charge in [-0.3, -0.25) is 9.59 Å². The first-order chi connectivity index (χ1) is 9.34. The molecule has 7 nitrogen and oxygen atoms in total. The number of hydrogen-bond acceptors (Lipinski definition) is 5. The van der Waals surface area contributed by atoms with Crippen LogP contribution in [0.4, 0.5) is 0 Å². The van der Waals surface area contributed by atoms with E-state index in [2.05, 4.69) is 5.32 Å². The van der Waals surface area contributed by atoms with Crippen LogP contribution in [-0.4, -0.2) is 67.0 Å². The first-order valence-electron chi connectivity index (χ1n) is 6.77. The zero-order valence-corrected chi connectivity index (χ0v) is 12.6. The molecule has 0 saturated carbocycles. The minimum atomic E-state index is -3.11. The number of carbonyl (C=O) groups excluding carboxylic acids is 2. The fourth-order valence-electron chi connectivity index (χ4n) is 2.24. The van der Waals surface area contributed by atoms with Crippen molar-refractivity contribution >= 4 is 21.7 Å². The Hall–Kier alpha value is -1.15. The van der Waals surface area contributed by atoms with Gasteiger partial charge in [-0.05, 0) is 19.8 Å². The van der Waals surface area contributed by atoms with Crippen molar-refractivity contribution in [1.82, 2.24) is 10.2 Å². The molecule has 1 fully saturated rings. The topological polar surface area (TPSA) is 104 Å². The van der Waals surface area contributed by atoms with E-state index in [1.165, 1.54) is 4.90 Å². The van der Waals surface area contributed by atoms with E-state index in [0.29, 0.717) is 12.8 Å². The first kappa shape index (κ1) is 16.9. The molecule has 2 amide bonds. The average Bonchev–Trinajstić information content (AvgIpc) is 2.76. The Morgan fingerprint density at radius 2 is 2.05 bits per heavy atom. The maximum absolute atomic E-state index is 12.1. The molecule has 1 rings (SSSR count). The molecule has 1 saturated heterocycles. The van der Waals surface area contributed by atoms with Gasteiger partial charge in [-0.1, -0.05) is 6.92 Å². The lowest BCUT2D eigenvalue weighted by molar-refractivity contribution is -0.147. The molecule has 20 heavy (non-hydrogen) atoms. The van der Waals surface area contributed by atoms with E-state index >= 15 is 0 Å². The highest BCUT2D eigenvalue weighted by Crippen LogP contribution is 2.17. The summed E-state index contributed by atoms with van der Waals surface area (Å²) in [6.07, 6.45) is 0.881. The second-order valence-corrected chi connectivity index (χ2v) is 7.14. The van der Waals surface area contributed by atoms with Gasteiger partial charge in [0, 0.05) is 12.6 Å². The van der Waals surface area contributed by atoms with Crippen LogP contribution in [-0.2, 0) is 19.4 Å². The van der Waals surface area contributed by atoms with Gasteiger partial charge < -0.3 is 15.3 Å². The quantitative estimate of drug-likeness (QED) is 0.628. The fraction of sp³-hybridized carbons (Fsp3) is 0.833. The lowest BCUT2D eigenvalue weighted by atomic mass is 10.2. The van der Waals surface area contributed by atoms with Crippen LogP contribution in [0.5, 0.6) is 0 Å². The monoisotopic (exact) mass is 306 g/mol. The van der Waals surface area contributed by atoms with Crippen LogP contribution in [0.2, 0.25) is 0 Å². The lowest BCUT2D eigenvalue weighted by Gasteiger charge is -2.26. The normalized spacial score (nSPS) is 22.2. The summed E-state index contributed by atoms with van der Waals surface area (Å²) in [6, 6.07) is -0.894. The number of aliphatic hydroxyl groups excluding tert-OH is 1. The molecule has 116 valence electrons. The van der Waals surface area contributed by atoms with Crippen LogP contribution >= 0.6 is 0 Å². The number of aliphatic hydroxyl groups is 1. The molecular weight excluding hydrogens is 284 g/mol. The maximum Gasteiger partial charge on any atom is 0.312 e. The van der Waals surface area contributed by atoms with Gasteiger partial charge in [0.2, 0.25) is 0 Å². The Morgan fingerprint density at radius 1 is 1.40 bits per heavy atom. The van der Waals surface area contributed by atoms with Crippen LogP contribution in [0.15, 0.2) is 0 Å². The van der Waals surface area contributed by atoms with Crippen molar-refractivity contribution < 1.29 is 23.1 Å². The molecule has 0 bridgehead atoms. The second-order valence-electron chi connectivity index (χ2n) is 4.91. The zero-order valence-electron chi connectivity index (χ0n) is 11.8. The third kappa shape index (κ3) is 4.17. The van der Waals surface area contributed by atoms with Gasteiger partial charge in [0.15, 0.2) is 9.84 Å². The number of rotatable bonds is 5. The van der Waals surface area contributed by atoms with Gasteiger partial charge in [-0.15, -0.1) is 0 Å². The van der Waals surface area contributed by atoms with Gasteiger partial charge in [0.05, 0.1) is 24.2 Å². The van der Waals surface area contributed by atoms with E-state index in [1.54, 1.807) is 13.8 Å². The number of nitrogens with one attached hydrogen (secondary N) is 1. The van der Waals surface area contributed by atoms with Crippen LogP contribution in [0.1, 0.15) is 26.7 Å². The molecule has 0 radical (unpaired) electrons. The summed E-state index contributed by atoms with van der Waals surface area (Å²) in [5, 5.41) is 11.5. The van der Waals surface area contributed by atoms with Crippen molar-refractivity contribution in [2.75, 3.05) is 24.7 Å². The minimum absolute atomic E-state index is 0.0529. The van der Waals surface area contributed by atoms with Crippen molar-refractivity contribution in [3.63, 3.8) is 0 Å². The molecule has 1 aliphatic heterocycles. The Kier molecular flexibility index (Phi) is 5.94. The molecule has 0 aromatic carbocycles. The summed E-state index contributed by atoms with van der Waals surface area (Å²) in [5.41, 5.74) is 0. The Labute approximate surface area is 119 Å². The molecule has 1 heterocycles. The molecular formula is C12H22N2O5S. The summed E-state index contributed by atoms with van der Waals surface area (Å²) < 4.78 is 22.9. The minimum Gasteiger partial charge on any atom is -0.394 e. The largest absolute Gasteiger partial charge is 0.394 e. The predicted octanol–water partition coefficient (Wildman–Crippen LogP) is -1.09. The van der Waals surface area contributed by atoms with Gasteiger partial charge in [-0.2, -0.15) is 0 Å². The smallest absolute Gasteiger partial charge is 0.312 e. The van der Waals surface area contributed by atoms with Crippen LogP contribution in [0.3, 0.4) is 0 Å². The molecule has 0 aliphatic carbocycles. The molecule has 0 aromatic rings. The van der Waals surface area contributed by atoms with Crippen molar-refractivity contribution in [3.05, 3.63) is 0 Å². The standard InChI is InChI=1S/C12H22N2O5S/c1-3-9(7-15)13-11(16)12(17)14(4-2)10-5-6-20(18,19)8-10/h9-10,15H,3-8H2,1-2H3,(H,13,16). The number of likely N-dealkylation sites (N-methyl/N-ethyl adjacent to an activating group) is 1. The predicted molar refractivity (Wildman–Crippen MR) is 73.8 cm³/mol. The van der Waals surface area contributed by atoms with E-state index < -0.39 is 33.7 Å². The van der Waals surface area contributed by atoms with E-state index in [1.807, 2.05) is 0 Å². The number of nitrogens with zero attached hydrogens (tertiary/aromatic N) is 1. The molecule has 0 spiro atoms. The number of amides is 2. The number of hydrogen-bond donors (Lipinski definition) is 2. The van der Waals surface area contributed by atoms with Crippen molar-refractivity contribution in [1.29, 1.82) is 0 Å². The summed E-state index contributed by atoms with van der Waals surface area (Å²) in [4.78, 5) is 25.2. The third-order valence-corrected chi connectivity index (χ3v) is 5.24. The Bertz CT molecular complexity index is 458. The van der Waals surface area contributed by atoms with E-state index in [4.69, 9.17) is 5.11 Å². The third-order valence-electron chi connectivity index (χ3n) is 3.49. The van der Waals surface area contributed by atoms with Crippen molar-refractivity contribution in [2.45, 2.75) is 38.8 Å². The first-order valence-corrected chi connectivity index (χ1v) is 8.59.